The van der Waals surface area contributed by atoms with Gasteiger partial charge in [0.1, 0.15) is 0 Å². The van der Waals surface area contributed by atoms with Crippen LogP contribution < -0.4 is 10.6 Å². The lowest BCUT2D eigenvalue weighted by atomic mass is 9.90. The average molecular weight is 403 g/mol. The molecule has 0 aliphatic carbocycles. The van der Waals surface area contributed by atoms with Crippen LogP contribution in [0.3, 0.4) is 0 Å². The number of halogens is 2. The number of carbonyl (C=O) groups is 1. The van der Waals surface area contributed by atoms with Gasteiger partial charge in [-0.05, 0) is 49.5 Å². The van der Waals surface area contributed by atoms with Crippen molar-refractivity contribution in [1.29, 1.82) is 0 Å². The number of hydrogen-bond acceptors (Lipinski definition) is 4. The molecule has 0 spiro atoms. The summed E-state index contributed by atoms with van der Waals surface area (Å²) in [5, 5.41) is 0. The first-order valence-electron chi connectivity index (χ1n) is 9.01. The van der Waals surface area contributed by atoms with E-state index in [0.29, 0.717) is 13.1 Å². The molecule has 2 aliphatic rings. The maximum absolute atomic E-state index is 12.6. The van der Waals surface area contributed by atoms with E-state index in [0.717, 1.165) is 45.7 Å². The van der Waals surface area contributed by atoms with Crippen LogP contribution in [0, 0.1) is 12.3 Å². The van der Waals surface area contributed by atoms with Crippen LogP contribution in [-0.4, -0.2) is 68.1 Å². The number of piperazine rings is 1. The van der Waals surface area contributed by atoms with Gasteiger partial charge in [0.15, 0.2) is 0 Å². The molecule has 2 saturated heterocycles. The SMILES string of the molecule is Cc1cccc(N2CCN(C(=O)CN3CCC(C)(CN)C3)CC2)c1.Cl.Cl. The molecule has 1 aromatic carbocycles. The van der Waals surface area contributed by atoms with E-state index >= 15 is 0 Å². The maximum atomic E-state index is 12.6. The monoisotopic (exact) mass is 402 g/mol. The normalized spacial score (nSPS) is 23.3. The molecular formula is C19H32Cl2N4O. The number of rotatable bonds is 4. The van der Waals surface area contributed by atoms with Crippen molar-refractivity contribution in [2.45, 2.75) is 20.3 Å². The van der Waals surface area contributed by atoms with E-state index < -0.39 is 0 Å². The fourth-order valence-corrected chi connectivity index (χ4v) is 3.76. The summed E-state index contributed by atoms with van der Waals surface area (Å²) < 4.78 is 0. The molecule has 1 amide bonds. The molecule has 0 aromatic heterocycles. The summed E-state index contributed by atoms with van der Waals surface area (Å²) in [6, 6.07) is 8.59. The highest BCUT2D eigenvalue weighted by Crippen LogP contribution is 2.28. The van der Waals surface area contributed by atoms with Crippen LogP contribution in [0.15, 0.2) is 24.3 Å². The number of anilines is 1. The number of benzene rings is 1. The van der Waals surface area contributed by atoms with Crippen LogP contribution in [-0.2, 0) is 4.79 Å². The van der Waals surface area contributed by atoms with E-state index in [2.05, 4.69) is 47.9 Å². The van der Waals surface area contributed by atoms with Crippen molar-refractivity contribution in [1.82, 2.24) is 9.80 Å². The summed E-state index contributed by atoms with van der Waals surface area (Å²) in [7, 11) is 0. The van der Waals surface area contributed by atoms with Gasteiger partial charge < -0.3 is 15.5 Å². The Morgan fingerprint density at radius 1 is 1.15 bits per heavy atom. The second-order valence-electron chi connectivity index (χ2n) is 7.68. The second-order valence-corrected chi connectivity index (χ2v) is 7.68. The molecule has 3 rings (SSSR count). The molecule has 2 N–H and O–H groups in total. The molecule has 1 aromatic rings. The summed E-state index contributed by atoms with van der Waals surface area (Å²) in [6.07, 6.45) is 1.10. The van der Waals surface area contributed by atoms with Crippen LogP contribution in [0.1, 0.15) is 18.9 Å². The molecule has 0 bridgehead atoms. The van der Waals surface area contributed by atoms with Gasteiger partial charge in [0.05, 0.1) is 6.54 Å². The number of likely N-dealkylation sites (tertiary alicyclic amines) is 1. The number of aryl methyl sites for hydroxylation is 1. The largest absolute Gasteiger partial charge is 0.368 e. The maximum Gasteiger partial charge on any atom is 0.236 e. The average Bonchev–Trinajstić information content (AvgIpc) is 2.96. The highest BCUT2D eigenvalue weighted by Gasteiger charge is 2.34. The zero-order valence-electron chi connectivity index (χ0n) is 15.8. The third kappa shape index (κ3) is 5.49. The highest BCUT2D eigenvalue weighted by atomic mass is 35.5. The van der Waals surface area contributed by atoms with Gasteiger partial charge in [-0.25, -0.2) is 0 Å². The quantitative estimate of drug-likeness (QED) is 0.837. The van der Waals surface area contributed by atoms with Crippen LogP contribution in [0.2, 0.25) is 0 Å². The molecule has 0 radical (unpaired) electrons. The lowest BCUT2D eigenvalue weighted by Gasteiger charge is -2.37. The molecule has 0 saturated carbocycles. The zero-order chi connectivity index (χ0) is 17.2. The number of amides is 1. The number of carbonyl (C=O) groups excluding carboxylic acids is 1. The Morgan fingerprint density at radius 2 is 1.85 bits per heavy atom. The minimum atomic E-state index is 0. The van der Waals surface area contributed by atoms with Crippen LogP contribution in [0.5, 0.6) is 0 Å². The zero-order valence-corrected chi connectivity index (χ0v) is 17.5. The van der Waals surface area contributed by atoms with Crippen molar-refractivity contribution in [3.05, 3.63) is 29.8 Å². The lowest BCUT2D eigenvalue weighted by Crippen LogP contribution is -2.51. The van der Waals surface area contributed by atoms with E-state index in [-0.39, 0.29) is 36.1 Å². The summed E-state index contributed by atoms with van der Waals surface area (Å²) >= 11 is 0. The van der Waals surface area contributed by atoms with Gasteiger partial charge in [0.2, 0.25) is 5.91 Å². The van der Waals surface area contributed by atoms with Crippen LogP contribution in [0.25, 0.3) is 0 Å². The molecule has 2 fully saturated rings. The summed E-state index contributed by atoms with van der Waals surface area (Å²) in [5.41, 5.74) is 8.59. The van der Waals surface area contributed by atoms with Gasteiger partial charge in [0.25, 0.3) is 0 Å². The topological polar surface area (TPSA) is 52.8 Å². The smallest absolute Gasteiger partial charge is 0.236 e. The predicted molar refractivity (Wildman–Crippen MR) is 113 cm³/mol. The summed E-state index contributed by atoms with van der Waals surface area (Å²) in [4.78, 5) is 19.2. The van der Waals surface area contributed by atoms with Crippen molar-refractivity contribution in [2.24, 2.45) is 11.1 Å². The van der Waals surface area contributed by atoms with Gasteiger partial charge in [-0.15, -0.1) is 24.8 Å². The fourth-order valence-electron chi connectivity index (χ4n) is 3.76. The Bertz CT molecular complexity index is 593. The van der Waals surface area contributed by atoms with E-state index in [1.165, 1.54) is 11.3 Å². The van der Waals surface area contributed by atoms with Crippen LogP contribution >= 0.6 is 24.8 Å². The van der Waals surface area contributed by atoms with Gasteiger partial charge in [-0.2, -0.15) is 0 Å². The summed E-state index contributed by atoms with van der Waals surface area (Å²) in [5.74, 6) is 0.264. The van der Waals surface area contributed by atoms with Crippen molar-refractivity contribution in [3.8, 4) is 0 Å². The first kappa shape index (κ1) is 23.0. The molecule has 5 nitrogen and oxygen atoms in total. The third-order valence-electron chi connectivity index (χ3n) is 5.49. The Hall–Kier alpha value is -1.01. The van der Waals surface area contributed by atoms with E-state index in [1.807, 2.05) is 4.90 Å². The highest BCUT2D eigenvalue weighted by molar-refractivity contribution is 5.85. The van der Waals surface area contributed by atoms with Gasteiger partial charge in [-0.1, -0.05) is 19.1 Å². The molecule has 1 atom stereocenters. The van der Waals surface area contributed by atoms with Crippen molar-refractivity contribution in [3.63, 3.8) is 0 Å². The van der Waals surface area contributed by atoms with Crippen molar-refractivity contribution >= 4 is 36.4 Å². The molecular weight excluding hydrogens is 371 g/mol. The number of nitrogens with two attached hydrogens (primary N) is 1. The first-order valence-corrected chi connectivity index (χ1v) is 9.01. The lowest BCUT2D eigenvalue weighted by molar-refractivity contribution is -0.132. The summed E-state index contributed by atoms with van der Waals surface area (Å²) in [6.45, 7) is 11.0. The fraction of sp³-hybridized carbons (Fsp3) is 0.632. The van der Waals surface area contributed by atoms with Gasteiger partial charge in [-0.3, -0.25) is 9.69 Å². The molecule has 1 unspecified atom stereocenters. The first-order chi connectivity index (χ1) is 11.5. The number of hydrogen-bond donors (Lipinski definition) is 1. The minimum absolute atomic E-state index is 0. The Labute approximate surface area is 169 Å². The van der Waals surface area contributed by atoms with Gasteiger partial charge >= 0.3 is 0 Å². The molecule has 7 heteroatoms. The van der Waals surface area contributed by atoms with E-state index in [9.17, 15) is 4.79 Å². The predicted octanol–water partition coefficient (Wildman–Crippen LogP) is 2.16. The molecule has 2 heterocycles. The van der Waals surface area contributed by atoms with Gasteiger partial charge in [0, 0.05) is 38.4 Å². The van der Waals surface area contributed by atoms with Crippen molar-refractivity contribution < 1.29 is 4.79 Å². The van der Waals surface area contributed by atoms with Crippen LogP contribution in [0.4, 0.5) is 5.69 Å². The van der Waals surface area contributed by atoms with E-state index in [1.54, 1.807) is 0 Å². The van der Waals surface area contributed by atoms with Crippen molar-refractivity contribution in [2.75, 3.05) is 57.3 Å². The number of nitrogens with zero attached hydrogens (tertiary/aromatic N) is 3. The molecule has 2 aliphatic heterocycles. The van der Waals surface area contributed by atoms with E-state index in [4.69, 9.17) is 5.73 Å². The second kappa shape index (κ2) is 9.79. The Balaban J connectivity index is 0.00000169. The Kier molecular flexibility index (Phi) is 8.67. The standard InChI is InChI=1S/C19H30N4O.2ClH/c1-16-4-3-5-17(12-16)22-8-10-23(11-9-22)18(24)13-21-7-6-19(2,14-20)15-21;;/h3-5,12H,6-11,13-15,20H2,1-2H3;2*1H. The Morgan fingerprint density at radius 3 is 2.42 bits per heavy atom. The molecule has 148 valence electrons. The molecule has 26 heavy (non-hydrogen) atoms. The third-order valence-corrected chi connectivity index (χ3v) is 5.49. The minimum Gasteiger partial charge on any atom is -0.368 e.